The number of nitrogens with two attached hydrogens (primary N) is 1. The maximum atomic E-state index is 12.4. The smallest absolute Gasteiger partial charge is 0.263 e. The summed E-state index contributed by atoms with van der Waals surface area (Å²) in [5, 5.41) is 13.2. The number of carbonyl (C=O) groups is 2. The van der Waals surface area contributed by atoms with E-state index in [0.717, 1.165) is 12.8 Å². The molecule has 0 aromatic carbocycles. The van der Waals surface area contributed by atoms with Crippen LogP contribution in [0.15, 0.2) is 23.6 Å². The number of allylic oxidation sites excluding steroid dienone is 1. The van der Waals surface area contributed by atoms with Crippen LogP contribution in [0.4, 0.5) is 0 Å². The van der Waals surface area contributed by atoms with Crippen LogP contribution in [0.3, 0.4) is 0 Å². The van der Waals surface area contributed by atoms with Crippen molar-refractivity contribution >= 4 is 11.8 Å². The minimum Gasteiger partial charge on any atom is -0.477 e. The average molecular weight is 337 g/mol. The molecule has 1 saturated heterocycles. The molecule has 3 rings (SSSR count). The lowest BCUT2D eigenvalue weighted by molar-refractivity contribution is -0.136. The number of hydrogen-bond acceptors (Lipinski definition) is 6. The molecule has 0 radical (unpaired) electrons. The lowest BCUT2D eigenvalue weighted by Crippen LogP contribution is -2.52. The van der Waals surface area contributed by atoms with Gasteiger partial charge >= 0.3 is 0 Å². The van der Waals surface area contributed by atoms with Crippen molar-refractivity contribution in [3.63, 3.8) is 0 Å². The highest BCUT2D eigenvalue weighted by Gasteiger charge is 2.41. The fourth-order valence-electron chi connectivity index (χ4n) is 3.13. The molecule has 8 nitrogen and oxygen atoms in total. The monoisotopic (exact) mass is 337 g/mol. The summed E-state index contributed by atoms with van der Waals surface area (Å²) < 4.78 is 11.1. The molecule has 0 spiro atoms. The van der Waals surface area contributed by atoms with E-state index >= 15 is 0 Å². The van der Waals surface area contributed by atoms with Gasteiger partial charge in [0.1, 0.15) is 5.76 Å². The van der Waals surface area contributed by atoms with Gasteiger partial charge < -0.3 is 30.5 Å². The molecule has 2 atom stereocenters. The van der Waals surface area contributed by atoms with Crippen LogP contribution >= 0.6 is 0 Å². The van der Waals surface area contributed by atoms with E-state index in [1.54, 1.807) is 7.05 Å². The molecular formula is C16H23N3O5. The molecule has 0 saturated carbocycles. The van der Waals surface area contributed by atoms with Crippen LogP contribution in [0.25, 0.3) is 0 Å². The van der Waals surface area contributed by atoms with Crippen LogP contribution < -0.4 is 11.1 Å². The van der Waals surface area contributed by atoms with Crippen molar-refractivity contribution in [2.75, 3.05) is 26.8 Å². The SMILES string of the molecule is CN1CC(C(=O)NC2CCOCC2)OC2=C1CC(O)(C(N)=O)C=C2. The zero-order valence-electron chi connectivity index (χ0n) is 13.7. The molecule has 1 fully saturated rings. The molecule has 24 heavy (non-hydrogen) atoms. The van der Waals surface area contributed by atoms with Crippen molar-refractivity contribution in [3.05, 3.63) is 23.6 Å². The van der Waals surface area contributed by atoms with E-state index < -0.39 is 17.6 Å². The fourth-order valence-corrected chi connectivity index (χ4v) is 3.13. The van der Waals surface area contributed by atoms with Gasteiger partial charge in [-0.15, -0.1) is 0 Å². The largest absolute Gasteiger partial charge is 0.477 e. The molecule has 8 heteroatoms. The number of carbonyl (C=O) groups excluding carboxylic acids is 2. The number of hydrogen-bond donors (Lipinski definition) is 3. The second-order valence-corrected chi connectivity index (χ2v) is 6.49. The summed E-state index contributed by atoms with van der Waals surface area (Å²) in [5.41, 5.74) is 4.20. The zero-order chi connectivity index (χ0) is 17.3. The van der Waals surface area contributed by atoms with Crippen molar-refractivity contribution in [2.24, 2.45) is 5.73 Å². The first-order valence-corrected chi connectivity index (χ1v) is 8.09. The van der Waals surface area contributed by atoms with E-state index in [1.807, 2.05) is 4.90 Å². The van der Waals surface area contributed by atoms with Crippen molar-refractivity contribution in [1.29, 1.82) is 0 Å². The Morgan fingerprint density at radius 1 is 1.42 bits per heavy atom. The Morgan fingerprint density at radius 2 is 2.12 bits per heavy atom. The van der Waals surface area contributed by atoms with E-state index in [4.69, 9.17) is 15.2 Å². The van der Waals surface area contributed by atoms with Gasteiger partial charge in [-0.05, 0) is 25.0 Å². The van der Waals surface area contributed by atoms with Crippen LogP contribution in [0.5, 0.6) is 0 Å². The molecule has 0 aromatic rings. The third kappa shape index (κ3) is 3.25. The van der Waals surface area contributed by atoms with Gasteiger partial charge in [-0.2, -0.15) is 0 Å². The third-order valence-electron chi connectivity index (χ3n) is 4.69. The average Bonchev–Trinajstić information content (AvgIpc) is 2.56. The molecule has 3 aliphatic rings. The number of aliphatic hydroxyl groups is 1. The van der Waals surface area contributed by atoms with Crippen molar-refractivity contribution < 1.29 is 24.2 Å². The zero-order valence-corrected chi connectivity index (χ0v) is 13.7. The normalized spacial score (nSPS) is 30.6. The second kappa shape index (κ2) is 6.45. The molecule has 2 heterocycles. The molecule has 4 N–H and O–H groups in total. The van der Waals surface area contributed by atoms with Crippen molar-refractivity contribution in [3.8, 4) is 0 Å². The highest BCUT2D eigenvalue weighted by Crippen LogP contribution is 2.33. The van der Waals surface area contributed by atoms with Gasteiger partial charge in [-0.1, -0.05) is 0 Å². The number of primary amides is 1. The Hall–Kier alpha value is -2.06. The Morgan fingerprint density at radius 3 is 2.79 bits per heavy atom. The number of nitrogens with one attached hydrogen (secondary N) is 1. The van der Waals surface area contributed by atoms with Gasteiger partial charge in [-0.3, -0.25) is 9.59 Å². The number of likely N-dealkylation sites (N-methyl/N-ethyl adjacent to an activating group) is 1. The van der Waals surface area contributed by atoms with E-state index in [2.05, 4.69) is 5.32 Å². The van der Waals surface area contributed by atoms with Crippen molar-refractivity contribution in [1.82, 2.24) is 10.2 Å². The van der Waals surface area contributed by atoms with E-state index in [-0.39, 0.29) is 18.4 Å². The van der Waals surface area contributed by atoms with Gasteiger partial charge in [0, 0.05) is 32.7 Å². The summed E-state index contributed by atoms with van der Waals surface area (Å²) in [5.74, 6) is -0.482. The standard InChI is InChI=1S/C16H23N3O5/c1-19-9-13(14(20)18-10-3-6-23-7-4-10)24-12-2-5-16(22,15(17)21)8-11(12)19/h2,5,10,13,22H,3-4,6-9H2,1H3,(H2,17,21)(H,18,20). The quantitative estimate of drug-likeness (QED) is 0.609. The highest BCUT2D eigenvalue weighted by molar-refractivity contribution is 5.86. The van der Waals surface area contributed by atoms with Crippen LogP contribution in [-0.2, 0) is 19.1 Å². The number of amides is 2. The summed E-state index contributed by atoms with van der Waals surface area (Å²) in [6, 6.07) is 0.109. The summed E-state index contributed by atoms with van der Waals surface area (Å²) in [6.45, 7) is 1.65. The molecular weight excluding hydrogens is 314 g/mol. The molecule has 132 valence electrons. The molecule has 2 unspecified atom stereocenters. The molecule has 0 bridgehead atoms. The fraction of sp³-hybridized carbons (Fsp3) is 0.625. The van der Waals surface area contributed by atoms with Crippen LogP contribution in [0.1, 0.15) is 19.3 Å². The first-order chi connectivity index (χ1) is 11.4. The minimum atomic E-state index is -1.71. The summed E-state index contributed by atoms with van der Waals surface area (Å²) in [4.78, 5) is 25.7. The summed E-state index contributed by atoms with van der Waals surface area (Å²) >= 11 is 0. The van der Waals surface area contributed by atoms with Crippen LogP contribution in [-0.4, -0.2) is 66.4 Å². The molecule has 1 aliphatic carbocycles. The summed E-state index contributed by atoms with van der Waals surface area (Å²) in [7, 11) is 1.80. The molecule has 2 amide bonds. The Kier molecular flexibility index (Phi) is 4.51. The predicted molar refractivity (Wildman–Crippen MR) is 84.4 cm³/mol. The number of ether oxygens (including phenoxy) is 2. The first-order valence-electron chi connectivity index (χ1n) is 8.09. The van der Waals surface area contributed by atoms with Gasteiger partial charge in [0.25, 0.3) is 11.8 Å². The highest BCUT2D eigenvalue weighted by atomic mass is 16.5. The molecule has 0 aromatic heterocycles. The van der Waals surface area contributed by atoms with E-state index in [0.29, 0.717) is 31.2 Å². The van der Waals surface area contributed by atoms with Gasteiger partial charge in [0.15, 0.2) is 11.7 Å². The lowest BCUT2D eigenvalue weighted by atomic mass is 9.90. The second-order valence-electron chi connectivity index (χ2n) is 6.49. The van der Waals surface area contributed by atoms with Crippen LogP contribution in [0, 0.1) is 0 Å². The van der Waals surface area contributed by atoms with Crippen LogP contribution in [0.2, 0.25) is 0 Å². The van der Waals surface area contributed by atoms with Gasteiger partial charge in [0.2, 0.25) is 0 Å². The Bertz CT molecular complexity index is 597. The molecule has 2 aliphatic heterocycles. The Balaban J connectivity index is 1.67. The predicted octanol–water partition coefficient (Wildman–Crippen LogP) is -1.000. The van der Waals surface area contributed by atoms with Gasteiger partial charge in [0.05, 0.1) is 12.2 Å². The summed E-state index contributed by atoms with van der Waals surface area (Å²) in [6.07, 6.45) is 3.83. The Labute approximate surface area is 140 Å². The topological polar surface area (TPSA) is 114 Å². The van der Waals surface area contributed by atoms with E-state index in [1.165, 1.54) is 12.2 Å². The minimum absolute atomic E-state index is 0.0406. The third-order valence-corrected chi connectivity index (χ3v) is 4.69. The maximum Gasteiger partial charge on any atom is 0.263 e. The number of nitrogens with zero attached hydrogens (tertiary/aromatic N) is 1. The maximum absolute atomic E-state index is 12.4. The first kappa shape index (κ1) is 16.8. The number of rotatable bonds is 3. The van der Waals surface area contributed by atoms with E-state index in [9.17, 15) is 14.7 Å². The lowest BCUT2D eigenvalue weighted by Gasteiger charge is -2.39. The van der Waals surface area contributed by atoms with Crippen molar-refractivity contribution in [2.45, 2.75) is 37.0 Å². The van der Waals surface area contributed by atoms with Gasteiger partial charge in [-0.25, -0.2) is 0 Å².